The third kappa shape index (κ3) is 4.47. The second-order valence-corrected chi connectivity index (χ2v) is 4.62. The van der Waals surface area contributed by atoms with Gasteiger partial charge in [0, 0.05) is 30.7 Å². The summed E-state index contributed by atoms with van der Waals surface area (Å²) in [4.78, 5) is 20.6. The van der Waals surface area contributed by atoms with Crippen LogP contribution in [0.25, 0.3) is 0 Å². The maximum atomic E-state index is 10.6. The normalized spacial score (nSPS) is 9.39. The number of hydrogen-bond acceptors (Lipinski definition) is 5. The molecule has 1 aromatic rings. The van der Waals surface area contributed by atoms with Gasteiger partial charge in [-0.25, -0.2) is 0 Å². The third-order valence-electron chi connectivity index (χ3n) is 1.94. The lowest BCUT2D eigenvalue weighted by Crippen LogP contribution is -1.89. The van der Waals surface area contributed by atoms with Crippen molar-refractivity contribution < 1.29 is 14.8 Å². The number of nitro benzene ring substituents is 1. The van der Waals surface area contributed by atoms with Crippen molar-refractivity contribution in [2.75, 3.05) is 5.75 Å². The Morgan fingerprint density at radius 3 is 2.89 bits per heavy atom. The van der Waals surface area contributed by atoms with Gasteiger partial charge in [-0.15, -0.1) is 0 Å². The fourth-order valence-corrected chi connectivity index (χ4v) is 1.65. The molecule has 1 aromatic carbocycles. The van der Waals surface area contributed by atoms with Gasteiger partial charge in [-0.05, 0) is 12.1 Å². The molecule has 0 atom stereocenters. The molecule has 0 aliphatic rings. The largest absolute Gasteiger partial charge is 0.502 e. The van der Waals surface area contributed by atoms with Crippen LogP contribution in [-0.2, 0) is 4.79 Å². The highest BCUT2D eigenvalue weighted by Gasteiger charge is 2.12. The van der Waals surface area contributed by atoms with E-state index in [1.54, 1.807) is 0 Å². The van der Waals surface area contributed by atoms with Crippen LogP contribution in [0.4, 0.5) is 5.69 Å². The Kier molecular flexibility index (Phi) is 5.21. The third-order valence-corrected chi connectivity index (χ3v) is 2.75. The number of benzene rings is 1. The maximum absolute atomic E-state index is 10.6. The van der Waals surface area contributed by atoms with Gasteiger partial charge in [-0.2, -0.15) is 0 Å². The number of hydrogen-bond donors (Lipinski definition) is 1. The molecule has 1 N–H and O–H groups in total. The molecule has 1 rings (SSSR count). The first-order valence-electron chi connectivity index (χ1n) is 5.10. The quantitative estimate of drug-likeness (QED) is 0.392. The molecule has 0 bridgehead atoms. The Balaban J connectivity index is 2.68. The minimum absolute atomic E-state index is 0.0390. The molecule has 94 valence electrons. The topological polar surface area (TPSA) is 80.4 Å². The summed E-state index contributed by atoms with van der Waals surface area (Å²) in [6.07, 6.45) is 0.527. The first-order chi connectivity index (χ1) is 8.50. The van der Waals surface area contributed by atoms with E-state index in [1.165, 1.54) is 36.9 Å². The molecule has 0 radical (unpaired) electrons. The van der Waals surface area contributed by atoms with E-state index in [4.69, 9.17) is 0 Å². The van der Waals surface area contributed by atoms with Gasteiger partial charge in [0.05, 0.1) is 4.92 Å². The van der Waals surface area contributed by atoms with Gasteiger partial charge >= 0.3 is 5.69 Å². The molecule has 0 unspecified atom stereocenters. The van der Waals surface area contributed by atoms with Gasteiger partial charge in [0.2, 0.25) is 0 Å². The van der Waals surface area contributed by atoms with Crippen LogP contribution in [0.1, 0.15) is 18.9 Å². The number of nitrogens with zero attached hydrogens (tertiary/aromatic N) is 1. The molecule has 0 aromatic heterocycles. The molecule has 0 fully saturated rings. The molecule has 0 amide bonds. The highest BCUT2D eigenvalue weighted by atomic mass is 32.2. The maximum Gasteiger partial charge on any atom is 0.311 e. The van der Waals surface area contributed by atoms with Crippen molar-refractivity contribution in [3.05, 3.63) is 33.9 Å². The van der Waals surface area contributed by atoms with Crippen LogP contribution in [0.15, 0.2) is 18.2 Å². The lowest BCUT2D eigenvalue weighted by molar-refractivity contribution is -0.385. The lowest BCUT2D eigenvalue weighted by atomic mass is 10.2. The Labute approximate surface area is 108 Å². The molecular formula is C12H11NO4S. The summed E-state index contributed by atoms with van der Waals surface area (Å²) in [7, 11) is 0. The van der Waals surface area contributed by atoms with E-state index < -0.39 is 4.92 Å². The fraction of sp³-hybridized carbons (Fsp3) is 0.250. The number of phenols is 1. The number of nitro groups is 1. The van der Waals surface area contributed by atoms with Crippen LogP contribution in [0.3, 0.4) is 0 Å². The van der Waals surface area contributed by atoms with Crippen LogP contribution in [-0.4, -0.2) is 20.9 Å². The van der Waals surface area contributed by atoms with Crippen molar-refractivity contribution in [3.63, 3.8) is 0 Å². The highest BCUT2D eigenvalue weighted by Crippen LogP contribution is 2.25. The monoisotopic (exact) mass is 265 g/mol. The van der Waals surface area contributed by atoms with Gasteiger partial charge in [0.25, 0.3) is 0 Å². The van der Waals surface area contributed by atoms with E-state index in [0.29, 0.717) is 17.7 Å². The highest BCUT2D eigenvalue weighted by molar-refractivity contribution is 8.13. The molecule has 0 aliphatic heterocycles. The lowest BCUT2D eigenvalue weighted by Gasteiger charge is -1.95. The van der Waals surface area contributed by atoms with Crippen molar-refractivity contribution in [3.8, 4) is 17.6 Å². The number of carbonyl (C=O) groups excluding carboxylic acids is 1. The summed E-state index contributed by atoms with van der Waals surface area (Å²) < 4.78 is 0. The first-order valence-corrected chi connectivity index (χ1v) is 6.09. The average molecular weight is 265 g/mol. The smallest absolute Gasteiger partial charge is 0.311 e. The Bertz CT molecular complexity index is 531. The van der Waals surface area contributed by atoms with Crippen molar-refractivity contribution in [1.82, 2.24) is 0 Å². The number of aromatic hydroxyl groups is 1. The second kappa shape index (κ2) is 6.67. The SMILES string of the molecule is CC(=O)SCCC#Cc1ccc(O)c([N+](=O)[O-])c1. The molecule has 0 spiro atoms. The molecule has 0 heterocycles. The van der Waals surface area contributed by atoms with Gasteiger partial charge in [-0.3, -0.25) is 14.9 Å². The first kappa shape index (κ1) is 14.1. The molecule has 0 aliphatic carbocycles. The van der Waals surface area contributed by atoms with Gasteiger partial charge in [-0.1, -0.05) is 23.6 Å². The van der Waals surface area contributed by atoms with E-state index in [2.05, 4.69) is 11.8 Å². The Morgan fingerprint density at radius 1 is 1.56 bits per heavy atom. The van der Waals surface area contributed by atoms with Gasteiger partial charge in [0.1, 0.15) is 0 Å². The summed E-state index contributed by atoms with van der Waals surface area (Å²) in [6.45, 7) is 1.49. The minimum atomic E-state index is -0.661. The van der Waals surface area contributed by atoms with E-state index in [-0.39, 0.29) is 16.6 Å². The van der Waals surface area contributed by atoms with Crippen LogP contribution >= 0.6 is 11.8 Å². The van der Waals surface area contributed by atoms with Crippen LogP contribution in [0, 0.1) is 22.0 Å². The number of phenolic OH excluding ortho intramolecular Hbond substituents is 1. The molecular weight excluding hydrogens is 254 g/mol. The summed E-state index contributed by atoms with van der Waals surface area (Å²) in [5.74, 6) is 5.79. The van der Waals surface area contributed by atoms with Crippen LogP contribution < -0.4 is 0 Å². The van der Waals surface area contributed by atoms with Gasteiger partial charge < -0.3 is 5.11 Å². The Hall–Kier alpha value is -2.00. The zero-order chi connectivity index (χ0) is 13.5. The molecule has 6 heteroatoms. The summed E-state index contributed by atoms with van der Waals surface area (Å²) >= 11 is 1.19. The predicted octanol–water partition coefficient (Wildman–Crippen LogP) is 2.32. The van der Waals surface area contributed by atoms with Crippen molar-refractivity contribution in [1.29, 1.82) is 0 Å². The van der Waals surface area contributed by atoms with Crippen LogP contribution in [0.2, 0.25) is 0 Å². The van der Waals surface area contributed by atoms with E-state index in [0.717, 1.165) is 0 Å². The fourth-order valence-electron chi connectivity index (χ4n) is 1.16. The van der Waals surface area contributed by atoms with Crippen molar-refractivity contribution in [2.24, 2.45) is 0 Å². The molecule has 18 heavy (non-hydrogen) atoms. The number of rotatable bonds is 3. The van der Waals surface area contributed by atoms with Crippen LogP contribution in [0.5, 0.6) is 5.75 Å². The zero-order valence-corrected chi connectivity index (χ0v) is 10.5. The second-order valence-electron chi connectivity index (χ2n) is 3.35. The zero-order valence-electron chi connectivity index (χ0n) is 9.67. The number of carbonyl (C=O) groups is 1. The molecule has 0 saturated heterocycles. The Morgan fingerprint density at radius 2 is 2.28 bits per heavy atom. The van der Waals surface area contributed by atoms with Crippen molar-refractivity contribution in [2.45, 2.75) is 13.3 Å². The van der Waals surface area contributed by atoms with E-state index in [1.807, 2.05) is 0 Å². The average Bonchev–Trinajstić information content (AvgIpc) is 2.30. The minimum Gasteiger partial charge on any atom is -0.502 e. The molecule has 5 nitrogen and oxygen atoms in total. The summed E-state index contributed by atoms with van der Waals surface area (Å²) in [5, 5.41) is 19.9. The summed E-state index contributed by atoms with van der Waals surface area (Å²) in [6, 6.07) is 3.97. The van der Waals surface area contributed by atoms with Gasteiger partial charge in [0.15, 0.2) is 10.9 Å². The molecule has 0 saturated carbocycles. The predicted molar refractivity (Wildman–Crippen MR) is 69.4 cm³/mol. The van der Waals surface area contributed by atoms with E-state index in [9.17, 15) is 20.0 Å². The van der Waals surface area contributed by atoms with Crippen molar-refractivity contribution >= 4 is 22.6 Å². The van der Waals surface area contributed by atoms with E-state index >= 15 is 0 Å². The number of thioether (sulfide) groups is 1. The summed E-state index contributed by atoms with van der Waals surface area (Å²) in [5.41, 5.74) is 0.104. The standard InChI is InChI=1S/C12H11NO4S/c1-9(14)18-7-3-2-4-10-5-6-12(15)11(8-10)13(16)17/h5-6,8,15H,3,7H2,1H3.